The molecule has 7 nitrogen and oxygen atoms in total. The van der Waals surface area contributed by atoms with Gasteiger partial charge in [0.05, 0.1) is 17.2 Å². The molecule has 0 radical (unpaired) electrons. The Kier molecular flexibility index (Phi) is 6.44. The van der Waals surface area contributed by atoms with Crippen LogP contribution in [0.1, 0.15) is 48.7 Å². The Labute approximate surface area is 199 Å². The van der Waals surface area contributed by atoms with Gasteiger partial charge >= 0.3 is 5.97 Å². The number of carboxylic acid groups (broad SMARTS) is 1. The number of anilines is 1. The fourth-order valence-electron chi connectivity index (χ4n) is 4.59. The van der Waals surface area contributed by atoms with Crippen molar-refractivity contribution in [2.75, 3.05) is 31.0 Å². The van der Waals surface area contributed by atoms with E-state index in [9.17, 15) is 22.7 Å². The molecular weight excluding hydrogens is 459 g/mol. The Morgan fingerprint density at radius 1 is 1.29 bits per heavy atom. The second kappa shape index (κ2) is 9.03. The number of fused-ring (bicyclic) bond motifs is 3. The zero-order chi connectivity index (χ0) is 24.7. The van der Waals surface area contributed by atoms with Crippen LogP contribution in [-0.4, -0.2) is 50.6 Å². The van der Waals surface area contributed by atoms with Crippen LogP contribution in [-0.2, 0) is 15.4 Å². The van der Waals surface area contributed by atoms with Crippen molar-refractivity contribution in [3.05, 3.63) is 58.9 Å². The van der Waals surface area contributed by atoms with Crippen LogP contribution < -0.4 is 9.46 Å². The van der Waals surface area contributed by atoms with Crippen molar-refractivity contribution in [3.8, 4) is 5.75 Å². The van der Waals surface area contributed by atoms with Crippen molar-refractivity contribution in [2.24, 2.45) is 5.92 Å². The van der Waals surface area contributed by atoms with E-state index < -0.39 is 21.8 Å². The molecule has 1 saturated carbocycles. The number of carboxylic acids is 1. The maximum absolute atomic E-state index is 14.0. The molecule has 2 atom stereocenters. The number of carbonyl (C=O) groups is 1. The van der Waals surface area contributed by atoms with Crippen LogP contribution in [0.25, 0.3) is 6.08 Å². The van der Waals surface area contributed by atoms with Crippen molar-refractivity contribution < 1.29 is 27.4 Å². The van der Waals surface area contributed by atoms with E-state index in [4.69, 9.17) is 4.74 Å². The Hall–Kier alpha value is -2.91. The smallest absolute Gasteiger partial charge is 0.341 e. The zero-order valence-electron chi connectivity index (χ0n) is 19.5. The van der Waals surface area contributed by atoms with Crippen LogP contribution in [0.3, 0.4) is 0 Å². The molecule has 0 bridgehead atoms. The Morgan fingerprint density at radius 3 is 2.71 bits per heavy atom. The van der Waals surface area contributed by atoms with Crippen LogP contribution in [0.4, 0.5) is 10.1 Å². The molecule has 2 aromatic rings. The Bertz CT molecular complexity index is 1260. The van der Waals surface area contributed by atoms with Crippen molar-refractivity contribution in [1.82, 2.24) is 4.90 Å². The molecule has 1 fully saturated rings. The third kappa shape index (κ3) is 4.42. The number of likely N-dealkylation sites (N-methyl/N-ethyl adjacent to an activating group) is 1. The molecule has 4 rings (SSSR count). The van der Waals surface area contributed by atoms with Crippen LogP contribution in [0, 0.1) is 11.7 Å². The minimum atomic E-state index is -4.22. The van der Waals surface area contributed by atoms with Crippen molar-refractivity contribution in [1.29, 1.82) is 0 Å². The fourth-order valence-corrected chi connectivity index (χ4v) is 5.85. The summed E-state index contributed by atoms with van der Waals surface area (Å²) < 4.78 is 48.7. The number of ether oxygens (including phenoxy) is 1. The molecule has 2 N–H and O–H groups in total. The fraction of sp³-hybridized carbons (Fsp3) is 0.400. The third-order valence-corrected chi connectivity index (χ3v) is 8.33. The molecular formula is C25H29FN2O5S. The number of hydrogen-bond donors (Lipinski definition) is 2. The van der Waals surface area contributed by atoms with Crippen LogP contribution in [0.5, 0.6) is 5.75 Å². The SMILES string of the molecule is CCN(CC)C/C=C/c1cc(F)ccc1S(=O)(=O)Nc1ccc2c(c1C(=O)O)OC[C@@H]1CC21C. The molecule has 1 heterocycles. The van der Waals surface area contributed by atoms with Gasteiger partial charge < -0.3 is 14.7 Å². The van der Waals surface area contributed by atoms with Gasteiger partial charge in [-0.3, -0.25) is 4.72 Å². The summed E-state index contributed by atoms with van der Waals surface area (Å²) in [5.74, 6) is -1.30. The van der Waals surface area contributed by atoms with Gasteiger partial charge in [-0.1, -0.05) is 39.0 Å². The van der Waals surface area contributed by atoms with Crippen LogP contribution in [0.15, 0.2) is 41.3 Å². The number of nitrogens with one attached hydrogen (secondary N) is 1. The first-order valence-electron chi connectivity index (χ1n) is 11.4. The van der Waals surface area contributed by atoms with Gasteiger partial charge in [-0.05, 0) is 49.3 Å². The second-order valence-electron chi connectivity index (χ2n) is 8.98. The molecule has 0 aromatic heterocycles. The summed E-state index contributed by atoms with van der Waals surface area (Å²) in [6, 6.07) is 6.59. The van der Waals surface area contributed by atoms with Gasteiger partial charge in [0.25, 0.3) is 10.0 Å². The third-order valence-electron chi connectivity index (χ3n) is 6.89. The molecule has 182 valence electrons. The molecule has 0 saturated heterocycles. The van der Waals surface area contributed by atoms with E-state index >= 15 is 0 Å². The quantitative estimate of drug-likeness (QED) is 0.545. The minimum absolute atomic E-state index is 0.0867. The highest BCUT2D eigenvalue weighted by molar-refractivity contribution is 7.92. The summed E-state index contributed by atoms with van der Waals surface area (Å²) in [4.78, 5) is 14.1. The van der Waals surface area contributed by atoms with Gasteiger partial charge in [0.15, 0.2) is 0 Å². The normalized spacial score (nSPS) is 21.1. The summed E-state index contributed by atoms with van der Waals surface area (Å²) in [6.45, 7) is 8.74. The predicted octanol–water partition coefficient (Wildman–Crippen LogP) is 4.35. The molecule has 34 heavy (non-hydrogen) atoms. The first kappa shape index (κ1) is 24.2. The highest BCUT2D eigenvalue weighted by Gasteiger charge is 2.56. The van der Waals surface area contributed by atoms with Crippen molar-refractivity contribution in [3.63, 3.8) is 0 Å². The van der Waals surface area contributed by atoms with Gasteiger partial charge in [-0.2, -0.15) is 0 Å². The van der Waals surface area contributed by atoms with Crippen LogP contribution >= 0.6 is 0 Å². The summed E-state index contributed by atoms with van der Waals surface area (Å²) in [5.41, 5.74) is 0.518. The Morgan fingerprint density at radius 2 is 2.03 bits per heavy atom. The van der Waals surface area contributed by atoms with Gasteiger partial charge in [-0.25, -0.2) is 17.6 Å². The van der Waals surface area contributed by atoms with E-state index in [2.05, 4.69) is 16.5 Å². The monoisotopic (exact) mass is 488 g/mol. The minimum Gasteiger partial charge on any atom is -0.492 e. The van der Waals surface area contributed by atoms with Gasteiger partial charge in [0, 0.05) is 23.4 Å². The molecule has 2 aliphatic rings. The van der Waals surface area contributed by atoms with Crippen molar-refractivity contribution in [2.45, 2.75) is 37.5 Å². The van der Waals surface area contributed by atoms with Gasteiger partial charge in [0.2, 0.25) is 0 Å². The van der Waals surface area contributed by atoms with E-state index in [0.717, 1.165) is 37.2 Å². The first-order valence-corrected chi connectivity index (χ1v) is 12.8. The summed E-state index contributed by atoms with van der Waals surface area (Å²) in [7, 11) is -4.22. The van der Waals surface area contributed by atoms with E-state index in [1.165, 1.54) is 12.1 Å². The Balaban J connectivity index is 1.69. The molecule has 9 heteroatoms. The lowest BCUT2D eigenvalue weighted by molar-refractivity contribution is 0.0692. The lowest BCUT2D eigenvalue weighted by Crippen LogP contribution is -2.23. The van der Waals surface area contributed by atoms with Crippen LogP contribution in [0.2, 0.25) is 0 Å². The lowest BCUT2D eigenvalue weighted by atomic mass is 9.90. The standard InChI is InChI=1S/C25H29FN2O5S/c1-4-28(5-2)12-6-7-16-13-18(26)8-11-21(16)34(31,32)27-20-10-9-19-23(22(20)24(29)30)33-15-17-14-25(17,19)3/h6-11,13,17,27H,4-5,12,14-15H2,1-3H3,(H,29,30)/b7-6+/t17-,25?/m0/s1. The molecule has 1 aliphatic carbocycles. The molecule has 2 aromatic carbocycles. The van der Waals surface area contributed by atoms with E-state index in [1.807, 2.05) is 13.8 Å². The maximum atomic E-state index is 14.0. The first-order chi connectivity index (χ1) is 16.1. The average molecular weight is 489 g/mol. The number of aromatic carboxylic acids is 1. The molecule has 1 unspecified atom stereocenters. The van der Waals surface area contributed by atoms with E-state index in [1.54, 1.807) is 18.2 Å². The zero-order valence-corrected chi connectivity index (χ0v) is 20.3. The number of nitrogens with zero attached hydrogens (tertiary/aromatic N) is 1. The number of halogens is 1. The van der Waals surface area contributed by atoms with Gasteiger partial charge in [0.1, 0.15) is 17.1 Å². The highest BCUT2D eigenvalue weighted by Crippen LogP contribution is 2.60. The molecule has 0 spiro atoms. The number of benzene rings is 2. The summed E-state index contributed by atoms with van der Waals surface area (Å²) >= 11 is 0. The average Bonchev–Trinajstić information content (AvgIpc) is 3.47. The summed E-state index contributed by atoms with van der Waals surface area (Å²) in [5, 5.41) is 9.90. The number of hydrogen-bond acceptors (Lipinski definition) is 5. The highest BCUT2D eigenvalue weighted by atomic mass is 32.2. The molecule has 1 aliphatic heterocycles. The number of sulfonamides is 1. The van der Waals surface area contributed by atoms with Crippen molar-refractivity contribution >= 4 is 27.8 Å². The molecule has 0 amide bonds. The van der Waals surface area contributed by atoms with Gasteiger partial charge in [-0.15, -0.1) is 0 Å². The lowest BCUT2D eigenvalue weighted by Gasteiger charge is -2.25. The van der Waals surface area contributed by atoms with E-state index in [0.29, 0.717) is 19.1 Å². The largest absolute Gasteiger partial charge is 0.492 e. The maximum Gasteiger partial charge on any atom is 0.341 e. The number of rotatable bonds is 9. The second-order valence-corrected chi connectivity index (χ2v) is 10.6. The summed E-state index contributed by atoms with van der Waals surface area (Å²) in [6.07, 6.45) is 4.25. The topological polar surface area (TPSA) is 95.9 Å². The van der Waals surface area contributed by atoms with E-state index in [-0.39, 0.29) is 32.9 Å². The predicted molar refractivity (Wildman–Crippen MR) is 128 cm³/mol.